The van der Waals surface area contributed by atoms with Crippen molar-refractivity contribution in [2.24, 2.45) is 0 Å². The zero-order valence-corrected chi connectivity index (χ0v) is 8.18. The molecule has 0 aliphatic rings. The summed E-state index contributed by atoms with van der Waals surface area (Å²) in [5.41, 5.74) is 0. The number of nitrogens with zero attached hydrogens (tertiary/aromatic N) is 1. The molecule has 13 heavy (non-hydrogen) atoms. The number of methoxy groups -OCH3 is 1. The molecule has 0 aliphatic carbocycles. The first kappa shape index (κ1) is 11.4. The van der Waals surface area contributed by atoms with Gasteiger partial charge in [-0.25, -0.2) is 4.79 Å². The van der Waals surface area contributed by atoms with Crippen LogP contribution in [0.15, 0.2) is 0 Å². The fourth-order valence-electron chi connectivity index (χ4n) is 0.622. The third kappa shape index (κ3) is 5.64. The van der Waals surface area contributed by atoms with Gasteiger partial charge >= 0.3 is 5.97 Å². The van der Waals surface area contributed by atoms with E-state index in [-0.39, 0.29) is 0 Å². The highest BCUT2D eigenvalue weighted by Crippen LogP contribution is 1.80. The van der Waals surface area contributed by atoms with Crippen molar-refractivity contribution in [1.82, 2.24) is 4.90 Å². The van der Waals surface area contributed by atoms with Crippen LogP contribution in [0.3, 0.4) is 0 Å². The van der Waals surface area contributed by atoms with Crippen LogP contribution >= 0.6 is 0 Å². The fraction of sp³-hybridized carbons (Fsp3) is 0.500. The van der Waals surface area contributed by atoms with Crippen LogP contribution in [-0.4, -0.2) is 31.1 Å². The molecule has 0 rings (SSSR count). The van der Waals surface area contributed by atoms with Crippen molar-refractivity contribution >= 4 is 5.97 Å². The summed E-state index contributed by atoms with van der Waals surface area (Å²) in [5, 5.41) is 0. The standard InChI is InChI=1S/C10H13NO2/c1-4-11(5-2)9-7-6-8-10(12)13-3/h4-5H2,1-3H3. The molecule has 0 aliphatic heterocycles. The molecule has 0 spiro atoms. The maximum atomic E-state index is 10.5. The topological polar surface area (TPSA) is 29.5 Å². The molecule has 70 valence electrons. The first-order valence-electron chi connectivity index (χ1n) is 4.09. The van der Waals surface area contributed by atoms with E-state index in [2.05, 4.69) is 28.5 Å². The molecule has 0 N–H and O–H groups in total. The quantitative estimate of drug-likeness (QED) is 0.267. The summed E-state index contributed by atoms with van der Waals surface area (Å²) in [4.78, 5) is 12.4. The number of ether oxygens (including phenoxy) is 1. The number of hydrogen-bond donors (Lipinski definition) is 0. The van der Waals surface area contributed by atoms with E-state index in [1.807, 2.05) is 18.7 Å². The van der Waals surface area contributed by atoms with Crippen molar-refractivity contribution < 1.29 is 9.53 Å². The maximum absolute atomic E-state index is 10.5. The molecular formula is C10H13NO2. The summed E-state index contributed by atoms with van der Waals surface area (Å²) < 4.78 is 4.32. The van der Waals surface area contributed by atoms with Crippen LogP contribution in [-0.2, 0) is 9.53 Å². The first-order chi connectivity index (χ1) is 6.24. The number of esters is 1. The Morgan fingerprint density at radius 2 is 1.92 bits per heavy atom. The van der Waals surface area contributed by atoms with Crippen molar-refractivity contribution in [2.75, 3.05) is 20.2 Å². The largest absolute Gasteiger partial charge is 0.459 e. The number of carbonyl (C=O) groups excluding carboxylic acids is 1. The number of carbonyl (C=O) groups is 1. The van der Waals surface area contributed by atoms with E-state index < -0.39 is 5.97 Å². The summed E-state index contributed by atoms with van der Waals surface area (Å²) in [6, 6.07) is 2.80. The monoisotopic (exact) mass is 179 g/mol. The Morgan fingerprint density at radius 3 is 2.38 bits per heavy atom. The van der Waals surface area contributed by atoms with Gasteiger partial charge in [-0.05, 0) is 19.8 Å². The lowest BCUT2D eigenvalue weighted by molar-refractivity contribution is -0.133. The van der Waals surface area contributed by atoms with Crippen molar-refractivity contribution in [3.63, 3.8) is 0 Å². The zero-order chi connectivity index (χ0) is 10.1. The Hall–Kier alpha value is -1.61. The summed E-state index contributed by atoms with van der Waals surface area (Å²) in [5.74, 6) is 6.64. The van der Waals surface area contributed by atoms with E-state index in [0.29, 0.717) is 0 Å². The highest BCUT2D eigenvalue weighted by atomic mass is 16.5. The molecule has 0 heterocycles. The fourth-order valence-corrected chi connectivity index (χ4v) is 0.622. The minimum Gasteiger partial charge on any atom is -0.459 e. The van der Waals surface area contributed by atoms with Gasteiger partial charge in [-0.3, -0.25) is 0 Å². The molecular weight excluding hydrogens is 166 g/mol. The van der Waals surface area contributed by atoms with E-state index in [1.54, 1.807) is 0 Å². The molecule has 3 heteroatoms. The van der Waals surface area contributed by atoms with Gasteiger partial charge in [0.2, 0.25) is 0 Å². The van der Waals surface area contributed by atoms with Gasteiger partial charge in [-0.2, -0.15) is 0 Å². The van der Waals surface area contributed by atoms with E-state index in [1.165, 1.54) is 7.11 Å². The van der Waals surface area contributed by atoms with Crippen molar-refractivity contribution in [1.29, 1.82) is 0 Å². The average Bonchev–Trinajstić information content (AvgIpc) is 2.18. The highest BCUT2D eigenvalue weighted by Gasteiger charge is 1.88. The molecule has 0 aromatic heterocycles. The van der Waals surface area contributed by atoms with Crippen LogP contribution in [0.5, 0.6) is 0 Å². The van der Waals surface area contributed by atoms with Crippen LogP contribution in [0.2, 0.25) is 0 Å². The lowest BCUT2D eigenvalue weighted by Gasteiger charge is -2.09. The molecule has 0 aromatic rings. The molecule has 0 atom stereocenters. The molecule has 0 bridgehead atoms. The smallest absolute Gasteiger partial charge is 0.385 e. The lowest BCUT2D eigenvalue weighted by atomic mass is 10.5. The Bertz CT molecular complexity index is 271. The summed E-state index contributed by atoms with van der Waals surface area (Å²) in [6.45, 7) is 5.71. The van der Waals surface area contributed by atoms with Crippen molar-refractivity contribution in [3.05, 3.63) is 0 Å². The van der Waals surface area contributed by atoms with Gasteiger partial charge in [0.1, 0.15) is 0 Å². The van der Waals surface area contributed by atoms with Crippen molar-refractivity contribution in [3.8, 4) is 23.8 Å². The molecule has 0 fully saturated rings. The van der Waals surface area contributed by atoms with Gasteiger partial charge in [0.05, 0.1) is 7.11 Å². The van der Waals surface area contributed by atoms with Crippen LogP contribution in [0.1, 0.15) is 13.8 Å². The van der Waals surface area contributed by atoms with Gasteiger partial charge < -0.3 is 9.64 Å². The molecule has 0 unspecified atom stereocenters. The van der Waals surface area contributed by atoms with Gasteiger partial charge in [0.25, 0.3) is 0 Å². The molecule has 0 aromatic carbocycles. The van der Waals surface area contributed by atoms with Crippen molar-refractivity contribution in [2.45, 2.75) is 13.8 Å². The minimum absolute atomic E-state index is 0.561. The number of rotatable bonds is 2. The summed E-state index contributed by atoms with van der Waals surface area (Å²) >= 11 is 0. The Balaban J connectivity index is 4.08. The molecule has 3 nitrogen and oxygen atoms in total. The highest BCUT2D eigenvalue weighted by molar-refractivity contribution is 5.88. The lowest BCUT2D eigenvalue weighted by Crippen LogP contribution is -2.15. The molecule has 0 radical (unpaired) electrons. The van der Waals surface area contributed by atoms with Gasteiger partial charge in [0, 0.05) is 31.0 Å². The summed E-state index contributed by atoms with van der Waals surface area (Å²) in [6.07, 6.45) is 0. The van der Waals surface area contributed by atoms with Gasteiger partial charge in [-0.15, -0.1) is 0 Å². The molecule has 0 amide bonds. The van der Waals surface area contributed by atoms with Crippen LogP contribution < -0.4 is 0 Å². The van der Waals surface area contributed by atoms with Crippen LogP contribution in [0.4, 0.5) is 0 Å². The third-order valence-electron chi connectivity index (χ3n) is 1.39. The second kappa shape index (κ2) is 7.06. The first-order valence-corrected chi connectivity index (χ1v) is 4.09. The Morgan fingerprint density at radius 1 is 1.31 bits per heavy atom. The SMILES string of the molecule is CCN(C#CC#CC(=O)OC)CC. The van der Waals surface area contributed by atoms with E-state index in [9.17, 15) is 4.79 Å². The maximum Gasteiger partial charge on any atom is 0.385 e. The average molecular weight is 179 g/mol. The third-order valence-corrected chi connectivity index (χ3v) is 1.39. The molecule has 0 saturated heterocycles. The van der Waals surface area contributed by atoms with E-state index in [4.69, 9.17) is 0 Å². The summed E-state index contributed by atoms with van der Waals surface area (Å²) in [7, 11) is 1.29. The van der Waals surface area contributed by atoms with Crippen LogP contribution in [0.25, 0.3) is 0 Å². The predicted octanol–water partition coefficient (Wildman–Crippen LogP) is 0.465. The normalized spacial score (nSPS) is 7.31. The zero-order valence-electron chi connectivity index (χ0n) is 8.18. The second-order valence-electron chi connectivity index (χ2n) is 2.15. The molecule has 0 saturated carbocycles. The van der Waals surface area contributed by atoms with Gasteiger partial charge in [0.15, 0.2) is 0 Å². The Labute approximate surface area is 79.1 Å². The predicted molar refractivity (Wildman–Crippen MR) is 50.5 cm³/mol. The van der Waals surface area contributed by atoms with E-state index >= 15 is 0 Å². The van der Waals surface area contributed by atoms with Crippen LogP contribution in [0, 0.1) is 23.8 Å². The van der Waals surface area contributed by atoms with E-state index in [0.717, 1.165) is 13.1 Å². The minimum atomic E-state index is -0.561. The second-order valence-corrected chi connectivity index (χ2v) is 2.15. The Kier molecular flexibility index (Phi) is 6.19. The van der Waals surface area contributed by atoms with Gasteiger partial charge in [-0.1, -0.05) is 0 Å². The number of hydrogen-bond acceptors (Lipinski definition) is 3.